The number of aliphatic hydroxyl groups excluding tert-OH is 1. The molecular weight excluding hydrogens is 238 g/mol. The molecule has 1 aromatic heterocycles. The lowest BCUT2D eigenvalue weighted by Gasteiger charge is -2.10. The molecule has 2 nitrogen and oxygen atoms in total. The van der Waals surface area contributed by atoms with Gasteiger partial charge in [-0.2, -0.15) is 11.8 Å². The number of benzene rings is 1. The lowest BCUT2D eigenvalue weighted by atomic mass is 10.0. The van der Waals surface area contributed by atoms with Crippen LogP contribution in [0.4, 0.5) is 0 Å². The molecule has 4 heteroatoms. The molecule has 2 heterocycles. The number of hydrogen-bond acceptors (Lipinski definition) is 4. The monoisotopic (exact) mass is 251 g/mol. The molecule has 0 radical (unpaired) electrons. The molecule has 2 atom stereocenters. The van der Waals surface area contributed by atoms with Crippen molar-refractivity contribution >= 4 is 33.3 Å². The van der Waals surface area contributed by atoms with E-state index in [1.54, 1.807) is 11.3 Å². The Kier molecular flexibility index (Phi) is 2.88. The molecule has 0 amide bonds. The topological polar surface area (TPSA) is 33.1 Å². The highest BCUT2D eigenvalue weighted by molar-refractivity contribution is 7.99. The van der Waals surface area contributed by atoms with Crippen LogP contribution in [0.25, 0.3) is 10.2 Å². The second kappa shape index (κ2) is 4.35. The summed E-state index contributed by atoms with van der Waals surface area (Å²) in [4.78, 5) is 4.61. The quantitative estimate of drug-likeness (QED) is 0.890. The molecule has 3 rings (SSSR count). The number of fused-ring (bicyclic) bond motifs is 1. The smallest absolute Gasteiger partial charge is 0.0942 e. The van der Waals surface area contributed by atoms with Crippen molar-refractivity contribution in [1.29, 1.82) is 0 Å². The third-order valence-electron chi connectivity index (χ3n) is 2.94. The zero-order valence-electron chi connectivity index (χ0n) is 8.80. The summed E-state index contributed by atoms with van der Waals surface area (Å²) in [6.45, 7) is 0. The Bertz CT molecular complexity index is 463. The fraction of sp³-hybridized carbons (Fsp3) is 0.417. The van der Waals surface area contributed by atoms with Gasteiger partial charge in [0.2, 0.25) is 0 Å². The van der Waals surface area contributed by atoms with Crippen LogP contribution in [0.2, 0.25) is 0 Å². The normalized spacial score (nSPS) is 25.3. The minimum atomic E-state index is -0.142. The van der Waals surface area contributed by atoms with Crippen molar-refractivity contribution < 1.29 is 5.11 Å². The molecule has 0 spiro atoms. The predicted molar refractivity (Wildman–Crippen MR) is 70.1 cm³/mol. The lowest BCUT2D eigenvalue weighted by Crippen LogP contribution is -2.19. The van der Waals surface area contributed by atoms with Gasteiger partial charge in [-0.3, -0.25) is 0 Å². The zero-order valence-corrected chi connectivity index (χ0v) is 10.4. The molecule has 1 aliphatic rings. The number of nitrogens with zero attached hydrogens (tertiary/aromatic N) is 1. The van der Waals surface area contributed by atoms with Crippen LogP contribution in [0.15, 0.2) is 24.3 Å². The van der Waals surface area contributed by atoms with Gasteiger partial charge in [0.05, 0.1) is 21.3 Å². The largest absolute Gasteiger partial charge is 0.392 e. The summed E-state index contributed by atoms with van der Waals surface area (Å²) in [5, 5.41) is 10.9. The average Bonchev–Trinajstić information content (AvgIpc) is 2.85. The van der Waals surface area contributed by atoms with Crippen molar-refractivity contribution in [1.82, 2.24) is 4.98 Å². The standard InChI is InChI=1S/C12H13NOS2/c14-10-7-15-6-8(10)5-12-13-9-3-1-2-4-11(9)16-12/h1-4,8,10,14H,5-7H2. The van der Waals surface area contributed by atoms with Gasteiger partial charge < -0.3 is 5.11 Å². The summed E-state index contributed by atoms with van der Waals surface area (Å²) in [6, 6.07) is 8.22. The first-order valence-corrected chi connectivity index (χ1v) is 7.40. The van der Waals surface area contributed by atoms with E-state index in [1.165, 1.54) is 4.70 Å². The van der Waals surface area contributed by atoms with E-state index >= 15 is 0 Å². The van der Waals surface area contributed by atoms with E-state index in [0.29, 0.717) is 5.92 Å². The molecule has 1 aliphatic heterocycles. The maximum absolute atomic E-state index is 9.78. The maximum atomic E-state index is 9.78. The van der Waals surface area contributed by atoms with E-state index in [4.69, 9.17) is 0 Å². The molecule has 1 N–H and O–H groups in total. The molecule has 0 aliphatic carbocycles. The fourth-order valence-corrected chi connectivity index (χ4v) is 4.37. The first-order chi connectivity index (χ1) is 7.83. The third-order valence-corrected chi connectivity index (χ3v) is 5.24. The van der Waals surface area contributed by atoms with E-state index < -0.39 is 0 Å². The molecule has 1 aromatic carbocycles. The van der Waals surface area contributed by atoms with Crippen molar-refractivity contribution in [3.05, 3.63) is 29.3 Å². The van der Waals surface area contributed by atoms with Crippen molar-refractivity contribution in [2.24, 2.45) is 5.92 Å². The van der Waals surface area contributed by atoms with Gasteiger partial charge in [0.15, 0.2) is 0 Å². The first-order valence-electron chi connectivity index (χ1n) is 5.43. The Morgan fingerprint density at radius 1 is 1.31 bits per heavy atom. The highest BCUT2D eigenvalue weighted by Crippen LogP contribution is 2.30. The molecule has 2 aromatic rings. The Balaban J connectivity index is 1.83. The summed E-state index contributed by atoms with van der Waals surface area (Å²) in [7, 11) is 0. The van der Waals surface area contributed by atoms with Crippen LogP contribution in [0.1, 0.15) is 5.01 Å². The minimum Gasteiger partial charge on any atom is -0.392 e. The van der Waals surface area contributed by atoms with Crippen molar-refractivity contribution in [2.45, 2.75) is 12.5 Å². The van der Waals surface area contributed by atoms with E-state index in [0.717, 1.165) is 28.5 Å². The molecule has 0 saturated carbocycles. The van der Waals surface area contributed by atoms with Crippen LogP contribution in [0, 0.1) is 5.92 Å². The van der Waals surface area contributed by atoms with Gasteiger partial charge in [-0.15, -0.1) is 11.3 Å². The number of hydrogen-bond donors (Lipinski definition) is 1. The molecule has 2 unspecified atom stereocenters. The van der Waals surface area contributed by atoms with Gasteiger partial charge in [-0.05, 0) is 17.9 Å². The van der Waals surface area contributed by atoms with Crippen LogP contribution in [0.5, 0.6) is 0 Å². The summed E-state index contributed by atoms with van der Waals surface area (Å²) < 4.78 is 1.25. The van der Waals surface area contributed by atoms with E-state index in [9.17, 15) is 5.11 Å². The molecule has 1 fully saturated rings. The van der Waals surface area contributed by atoms with Crippen molar-refractivity contribution in [2.75, 3.05) is 11.5 Å². The van der Waals surface area contributed by atoms with Crippen molar-refractivity contribution in [3.63, 3.8) is 0 Å². The number of aliphatic hydroxyl groups is 1. The summed E-state index contributed by atoms with van der Waals surface area (Å²) in [6.07, 6.45) is 0.782. The predicted octanol–water partition coefficient (Wildman–Crippen LogP) is 2.56. The first kappa shape index (κ1) is 10.6. The zero-order chi connectivity index (χ0) is 11.0. The SMILES string of the molecule is OC1CSCC1Cc1nc2ccccc2s1. The number of rotatable bonds is 2. The van der Waals surface area contributed by atoms with Gasteiger partial charge in [-0.1, -0.05) is 12.1 Å². The molecule has 1 saturated heterocycles. The Morgan fingerprint density at radius 3 is 2.94 bits per heavy atom. The Hall–Kier alpha value is -0.580. The number of para-hydroxylation sites is 1. The van der Waals surface area contributed by atoms with Crippen LogP contribution in [-0.4, -0.2) is 27.7 Å². The molecule has 0 bridgehead atoms. The number of thiazole rings is 1. The van der Waals surface area contributed by atoms with Gasteiger partial charge in [-0.25, -0.2) is 4.98 Å². The lowest BCUT2D eigenvalue weighted by molar-refractivity contribution is 0.150. The molecule has 16 heavy (non-hydrogen) atoms. The van der Waals surface area contributed by atoms with Crippen LogP contribution in [0.3, 0.4) is 0 Å². The molecular formula is C12H13NOS2. The van der Waals surface area contributed by atoms with Crippen LogP contribution < -0.4 is 0 Å². The second-order valence-electron chi connectivity index (χ2n) is 4.14. The second-order valence-corrected chi connectivity index (χ2v) is 6.33. The number of aromatic nitrogens is 1. The van der Waals surface area contributed by atoms with Gasteiger partial charge >= 0.3 is 0 Å². The Labute approximate surface area is 103 Å². The van der Waals surface area contributed by atoms with Gasteiger partial charge in [0, 0.05) is 18.1 Å². The Morgan fingerprint density at radius 2 is 2.19 bits per heavy atom. The fourth-order valence-electron chi connectivity index (χ4n) is 2.01. The molecule has 84 valence electrons. The number of thioether (sulfide) groups is 1. The summed E-state index contributed by atoms with van der Waals surface area (Å²) in [5.41, 5.74) is 1.09. The van der Waals surface area contributed by atoms with E-state index in [2.05, 4.69) is 17.1 Å². The summed E-state index contributed by atoms with van der Waals surface area (Å²) >= 11 is 3.60. The maximum Gasteiger partial charge on any atom is 0.0942 e. The highest BCUT2D eigenvalue weighted by atomic mass is 32.2. The third kappa shape index (κ3) is 1.97. The van der Waals surface area contributed by atoms with E-state index in [1.807, 2.05) is 23.9 Å². The van der Waals surface area contributed by atoms with E-state index in [-0.39, 0.29) is 6.10 Å². The summed E-state index contributed by atoms with van der Waals surface area (Å²) in [5.74, 6) is 2.35. The van der Waals surface area contributed by atoms with Crippen molar-refractivity contribution in [3.8, 4) is 0 Å². The van der Waals surface area contributed by atoms with Gasteiger partial charge in [0.1, 0.15) is 0 Å². The average molecular weight is 251 g/mol. The highest BCUT2D eigenvalue weighted by Gasteiger charge is 2.26. The minimum absolute atomic E-state index is 0.142. The van der Waals surface area contributed by atoms with Gasteiger partial charge in [0.25, 0.3) is 0 Å². The van der Waals surface area contributed by atoms with Crippen LogP contribution in [-0.2, 0) is 6.42 Å². The van der Waals surface area contributed by atoms with Crippen LogP contribution >= 0.6 is 23.1 Å².